The molecule has 2 aliphatic heterocycles. The summed E-state index contributed by atoms with van der Waals surface area (Å²) in [6.07, 6.45) is 0. The van der Waals surface area contributed by atoms with Crippen molar-refractivity contribution in [2.75, 3.05) is 39.4 Å². The van der Waals surface area contributed by atoms with Gasteiger partial charge >= 0.3 is 0 Å². The van der Waals surface area contributed by atoms with Gasteiger partial charge in [-0.05, 0) is 5.56 Å². The minimum atomic E-state index is -4.89. The van der Waals surface area contributed by atoms with Gasteiger partial charge in [-0.1, -0.05) is 91.0 Å². The molecule has 0 aromatic heterocycles. The summed E-state index contributed by atoms with van der Waals surface area (Å²) in [4.78, 5) is 50.8. The molecule has 0 radical (unpaired) electrons. The van der Waals surface area contributed by atoms with Crippen molar-refractivity contribution in [3.05, 3.63) is 108 Å². The molecular formula is C29H32NO7P. The lowest BCUT2D eigenvalue weighted by atomic mass is 9.67. The molecule has 5 rings (SSSR count). The lowest BCUT2D eigenvalue weighted by Gasteiger charge is -2.51. The van der Waals surface area contributed by atoms with Crippen molar-refractivity contribution < 1.29 is 38.1 Å². The number of Topliss-reactive ketones (excluding diaryl/α,β-unsaturated/α-hetero) is 2. The Morgan fingerprint density at radius 3 is 1.50 bits per heavy atom. The number of carbonyl (C=O) groups excluding carboxylic acids is 2. The molecule has 2 unspecified atom stereocenters. The number of ether oxygens (including phenoxy) is 1. The van der Waals surface area contributed by atoms with Gasteiger partial charge in [0.15, 0.2) is 11.6 Å². The molecule has 0 bridgehead atoms. The Hall–Kier alpha value is -2.97. The molecule has 2 heterocycles. The highest BCUT2D eigenvalue weighted by Crippen LogP contribution is 2.43. The smallest absolute Gasteiger partial charge is 0.262 e. The zero-order chi connectivity index (χ0) is 27.2. The number of phosphoric acid groups is 1. The lowest BCUT2D eigenvalue weighted by Crippen LogP contribution is -2.65. The van der Waals surface area contributed by atoms with Gasteiger partial charge in [-0.3, -0.25) is 14.2 Å². The maximum Gasteiger partial charge on any atom is 0.262 e. The van der Waals surface area contributed by atoms with Crippen LogP contribution in [0.2, 0.25) is 0 Å². The van der Waals surface area contributed by atoms with Crippen molar-refractivity contribution in [3.8, 4) is 0 Å². The van der Waals surface area contributed by atoms with Gasteiger partial charge in [0, 0.05) is 17.0 Å². The largest absolute Gasteiger partial charge is 0.756 e. The van der Waals surface area contributed by atoms with E-state index in [1.165, 1.54) is 0 Å². The quantitative estimate of drug-likeness (QED) is 0.291. The van der Waals surface area contributed by atoms with Gasteiger partial charge in [0.25, 0.3) is 7.82 Å². The van der Waals surface area contributed by atoms with E-state index in [0.717, 1.165) is 47.4 Å². The predicted octanol–water partition coefficient (Wildman–Crippen LogP) is 3.07. The average Bonchev–Trinajstić information content (AvgIpc) is 2.93. The van der Waals surface area contributed by atoms with E-state index in [4.69, 9.17) is 24.0 Å². The second-order valence-corrected chi connectivity index (χ2v) is 10.8. The Balaban J connectivity index is 0.000000617. The number of quaternary nitrogens is 1. The maximum atomic E-state index is 14.0. The first-order valence-electron chi connectivity index (χ1n) is 12.6. The van der Waals surface area contributed by atoms with E-state index in [1.807, 2.05) is 78.9 Å². The van der Waals surface area contributed by atoms with E-state index in [0.29, 0.717) is 13.2 Å². The van der Waals surface area contributed by atoms with Crippen LogP contribution in [0.25, 0.3) is 0 Å². The van der Waals surface area contributed by atoms with Gasteiger partial charge in [0.1, 0.15) is 13.1 Å². The van der Waals surface area contributed by atoms with Crippen LogP contribution in [0, 0.1) is 11.8 Å². The molecule has 0 aliphatic carbocycles. The third-order valence-electron chi connectivity index (χ3n) is 7.43. The molecule has 2 aliphatic rings. The first kappa shape index (κ1) is 28.0. The van der Waals surface area contributed by atoms with Crippen LogP contribution in [0.3, 0.4) is 0 Å². The number of hydrogen-bond acceptors (Lipinski definition) is 5. The van der Waals surface area contributed by atoms with E-state index >= 15 is 0 Å². The third kappa shape index (κ3) is 7.11. The lowest BCUT2D eigenvalue weighted by molar-refractivity contribution is -0.944. The molecule has 38 heavy (non-hydrogen) atoms. The highest BCUT2D eigenvalue weighted by atomic mass is 31.2. The zero-order valence-corrected chi connectivity index (χ0v) is 21.9. The summed E-state index contributed by atoms with van der Waals surface area (Å²) in [5, 5.41) is 0. The van der Waals surface area contributed by atoms with Crippen molar-refractivity contribution in [1.29, 1.82) is 0 Å². The Morgan fingerprint density at radius 1 is 0.737 bits per heavy atom. The summed E-state index contributed by atoms with van der Waals surface area (Å²) >= 11 is 0. The first-order chi connectivity index (χ1) is 18.2. The van der Waals surface area contributed by atoms with E-state index in [9.17, 15) is 9.59 Å². The SMILES string of the molecule is O=C(c1ccccc1)C1C[N+]2(CCOCC2)CC(C(=O)c2ccccc2)C1c1ccccc1.O=P([O-])(O)O. The Bertz CT molecular complexity index is 1190. The summed E-state index contributed by atoms with van der Waals surface area (Å²) in [5.41, 5.74) is 2.53. The fourth-order valence-electron chi connectivity index (χ4n) is 5.78. The summed E-state index contributed by atoms with van der Waals surface area (Å²) in [6, 6.07) is 29.3. The molecule has 2 N–H and O–H groups in total. The van der Waals surface area contributed by atoms with Crippen LogP contribution in [0.15, 0.2) is 91.0 Å². The standard InChI is InChI=1S/C29H30NO3.H3O4P/c31-28(23-12-6-2-7-13-23)25-20-30(16-18-33-19-17-30)21-26(27(25)22-10-4-1-5-11-22)29(32)24-14-8-3-9-15-24;1-5(2,3)4/h1-15,25-27H,16-21H2;(H3,1,2,3,4)/q+1;/p-1. The Labute approximate surface area is 222 Å². The summed E-state index contributed by atoms with van der Waals surface area (Å²) in [7, 11) is -4.89. The summed E-state index contributed by atoms with van der Waals surface area (Å²) in [6.45, 7) is 4.53. The minimum Gasteiger partial charge on any atom is -0.756 e. The Morgan fingerprint density at radius 2 is 1.11 bits per heavy atom. The van der Waals surface area contributed by atoms with E-state index in [-0.39, 0.29) is 29.3 Å². The fourth-order valence-corrected chi connectivity index (χ4v) is 5.78. The molecule has 3 aromatic rings. The van der Waals surface area contributed by atoms with Crippen LogP contribution in [-0.2, 0) is 9.30 Å². The van der Waals surface area contributed by atoms with Crippen LogP contribution in [0.5, 0.6) is 0 Å². The van der Waals surface area contributed by atoms with Gasteiger partial charge in [-0.2, -0.15) is 0 Å². The fraction of sp³-hybridized carbons (Fsp3) is 0.310. The van der Waals surface area contributed by atoms with Crippen molar-refractivity contribution in [3.63, 3.8) is 0 Å². The molecule has 9 heteroatoms. The normalized spacial score (nSPS) is 22.7. The molecule has 200 valence electrons. The molecular weight excluding hydrogens is 505 g/mol. The number of piperidine rings is 1. The second kappa shape index (κ2) is 12.3. The molecule has 2 fully saturated rings. The van der Waals surface area contributed by atoms with Crippen LogP contribution in [0.1, 0.15) is 32.2 Å². The van der Waals surface area contributed by atoms with Crippen LogP contribution >= 0.6 is 7.82 Å². The molecule has 3 aromatic carbocycles. The van der Waals surface area contributed by atoms with Crippen LogP contribution in [0.4, 0.5) is 0 Å². The molecule has 0 saturated carbocycles. The predicted molar refractivity (Wildman–Crippen MR) is 140 cm³/mol. The van der Waals surface area contributed by atoms with Gasteiger partial charge in [-0.25, -0.2) is 0 Å². The number of ketones is 2. The van der Waals surface area contributed by atoms with Gasteiger partial charge in [0.05, 0.1) is 38.1 Å². The molecule has 8 nitrogen and oxygen atoms in total. The topological polar surface area (TPSA) is 124 Å². The van der Waals surface area contributed by atoms with Gasteiger partial charge in [-0.15, -0.1) is 0 Å². The van der Waals surface area contributed by atoms with Gasteiger partial charge in [0.2, 0.25) is 0 Å². The van der Waals surface area contributed by atoms with E-state index in [1.54, 1.807) is 0 Å². The minimum absolute atomic E-state index is 0.138. The molecule has 2 saturated heterocycles. The highest BCUT2D eigenvalue weighted by Gasteiger charge is 2.52. The van der Waals surface area contributed by atoms with Crippen molar-refractivity contribution in [2.24, 2.45) is 11.8 Å². The van der Waals surface area contributed by atoms with Crippen molar-refractivity contribution in [2.45, 2.75) is 5.92 Å². The number of carbonyl (C=O) groups is 2. The van der Waals surface area contributed by atoms with Gasteiger partial charge < -0.3 is 23.9 Å². The molecule has 1 spiro atoms. The second-order valence-electron chi connectivity index (χ2n) is 9.87. The monoisotopic (exact) mass is 537 g/mol. The number of morpholine rings is 1. The van der Waals surface area contributed by atoms with Crippen molar-refractivity contribution >= 4 is 19.4 Å². The van der Waals surface area contributed by atoms with Crippen LogP contribution in [-0.4, -0.2) is 65.2 Å². The average molecular weight is 538 g/mol. The first-order valence-corrected chi connectivity index (χ1v) is 14.1. The van der Waals surface area contributed by atoms with Crippen LogP contribution < -0.4 is 4.89 Å². The number of benzene rings is 3. The Kier molecular flexibility index (Phi) is 9.05. The summed E-state index contributed by atoms with van der Waals surface area (Å²) < 4.78 is 15.2. The molecule has 2 atom stereocenters. The number of hydrogen-bond donors (Lipinski definition) is 2. The zero-order valence-electron chi connectivity index (χ0n) is 21.0. The highest BCUT2D eigenvalue weighted by molar-refractivity contribution is 7.43. The van der Waals surface area contributed by atoms with E-state index in [2.05, 4.69) is 12.1 Å². The number of rotatable bonds is 5. The third-order valence-corrected chi connectivity index (χ3v) is 7.43. The van der Waals surface area contributed by atoms with E-state index < -0.39 is 7.82 Å². The number of nitrogens with zero attached hydrogens (tertiary/aromatic N) is 1. The maximum absolute atomic E-state index is 14.0. The van der Waals surface area contributed by atoms with Crippen molar-refractivity contribution in [1.82, 2.24) is 0 Å². The summed E-state index contributed by atoms with van der Waals surface area (Å²) in [5.74, 6) is -0.408. The molecule has 0 amide bonds.